The summed E-state index contributed by atoms with van der Waals surface area (Å²) in [6, 6.07) is 4.99. The minimum absolute atomic E-state index is 0.196. The number of anilines is 1. The normalized spacial score (nSPS) is 10.3. The van der Waals surface area contributed by atoms with Crippen molar-refractivity contribution in [2.24, 2.45) is 0 Å². The molecule has 0 saturated heterocycles. The molecule has 0 amide bonds. The second-order valence-corrected chi connectivity index (χ2v) is 3.99. The lowest BCUT2D eigenvalue weighted by atomic mass is 10.1. The Morgan fingerprint density at radius 3 is 2.95 bits per heavy atom. The number of nitrogens with zero attached hydrogens (tertiary/aromatic N) is 3. The molecule has 0 atom stereocenters. The van der Waals surface area contributed by atoms with Gasteiger partial charge in [0.05, 0.1) is 7.11 Å². The van der Waals surface area contributed by atoms with Crippen LogP contribution in [0.2, 0.25) is 0 Å². The van der Waals surface area contributed by atoms with Gasteiger partial charge >= 0.3 is 5.97 Å². The van der Waals surface area contributed by atoms with Crippen molar-refractivity contribution in [2.75, 3.05) is 12.8 Å². The molecule has 106 valence electrons. The van der Waals surface area contributed by atoms with Gasteiger partial charge in [-0.3, -0.25) is 0 Å². The van der Waals surface area contributed by atoms with Crippen LogP contribution in [0.4, 0.5) is 5.69 Å². The number of hydrogen-bond acceptors (Lipinski definition) is 6. The predicted octanol–water partition coefficient (Wildman–Crippen LogP) is 1.25. The van der Waals surface area contributed by atoms with E-state index in [1.165, 1.54) is 13.4 Å². The number of benzene rings is 1. The van der Waals surface area contributed by atoms with Crippen LogP contribution in [0.5, 0.6) is 5.75 Å². The molecule has 1 aromatic carbocycles. The van der Waals surface area contributed by atoms with Crippen LogP contribution >= 0.6 is 0 Å². The van der Waals surface area contributed by atoms with Gasteiger partial charge in [-0.05, 0) is 19.1 Å². The number of nitrogen functional groups attached to an aromatic ring is 1. The quantitative estimate of drug-likeness (QED) is 0.652. The van der Waals surface area contributed by atoms with Gasteiger partial charge in [0.25, 0.3) is 0 Å². The highest BCUT2D eigenvalue weighted by Gasteiger charge is 2.17. The zero-order chi connectivity index (χ0) is 14.5. The molecule has 20 heavy (non-hydrogen) atoms. The molecule has 0 unspecified atom stereocenters. The van der Waals surface area contributed by atoms with Gasteiger partial charge in [0, 0.05) is 12.2 Å². The maximum atomic E-state index is 11.7. The highest BCUT2D eigenvalue weighted by Crippen LogP contribution is 2.25. The molecule has 2 rings (SSSR count). The predicted molar refractivity (Wildman–Crippen MR) is 72.2 cm³/mol. The average Bonchev–Trinajstić information content (AvgIpc) is 2.91. The van der Waals surface area contributed by atoms with Crippen molar-refractivity contribution in [3.05, 3.63) is 35.9 Å². The van der Waals surface area contributed by atoms with Crippen LogP contribution in [0.3, 0.4) is 0 Å². The topological polar surface area (TPSA) is 92.3 Å². The Morgan fingerprint density at radius 2 is 2.25 bits per heavy atom. The van der Waals surface area contributed by atoms with E-state index in [1.807, 2.05) is 6.92 Å². The van der Waals surface area contributed by atoms with Gasteiger partial charge in [0.15, 0.2) is 5.82 Å². The number of hydrogen-bond donors (Lipinski definition) is 1. The van der Waals surface area contributed by atoms with Crippen molar-refractivity contribution in [2.45, 2.75) is 20.1 Å². The summed E-state index contributed by atoms with van der Waals surface area (Å²) in [6.07, 6.45) is 1.46. The Morgan fingerprint density at radius 1 is 1.45 bits per heavy atom. The highest BCUT2D eigenvalue weighted by atomic mass is 16.5. The zero-order valence-corrected chi connectivity index (χ0v) is 11.4. The van der Waals surface area contributed by atoms with Crippen LogP contribution in [0.1, 0.15) is 23.1 Å². The van der Waals surface area contributed by atoms with Crippen LogP contribution in [0.25, 0.3) is 0 Å². The lowest BCUT2D eigenvalue weighted by Crippen LogP contribution is -2.11. The summed E-state index contributed by atoms with van der Waals surface area (Å²) in [6.45, 7) is 2.85. The molecule has 0 saturated carbocycles. The third-order valence-electron chi connectivity index (χ3n) is 2.80. The summed E-state index contributed by atoms with van der Waals surface area (Å²) in [5, 5.41) is 4.05. The van der Waals surface area contributed by atoms with Crippen molar-refractivity contribution >= 4 is 11.7 Å². The molecule has 1 heterocycles. The number of rotatable bonds is 5. The van der Waals surface area contributed by atoms with Crippen LogP contribution in [-0.2, 0) is 17.9 Å². The summed E-state index contributed by atoms with van der Waals surface area (Å²) in [7, 11) is 1.30. The van der Waals surface area contributed by atoms with Crippen molar-refractivity contribution in [1.82, 2.24) is 14.8 Å². The first-order chi connectivity index (χ1) is 9.67. The smallest absolute Gasteiger partial charge is 0.343 e. The lowest BCUT2D eigenvalue weighted by Gasteiger charge is -2.12. The van der Waals surface area contributed by atoms with Crippen molar-refractivity contribution in [3.63, 3.8) is 0 Å². The monoisotopic (exact) mass is 276 g/mol. The fraction of sp³-hybridized carbons (Fsp3) is 0.308. The molecule has 0 spiro atoms. The molecule has 0 aliphatic heterocycles. The van der Waals surface area contributed by atoms with Gasteiger partial charge < -0.3 is 15.2 Å². The van der Waals surface area contributed by atoms with Gasteiger partial charge in [-0.25, -0.2) is 14.5 Å². The molecular weight excluding hydrogens is 260 g/mol. The first-order valence-electron chi connectivity index (χ1n) is 6.13. The van der Waals surface area contributed by atoms with E-state index in [9.17, 15) is 4.79 Å². The van der Waals surface area contributed by atoms with Crippen molar-refractivity contribution in [1.29, 1.82) is 0 Å². The summed E-state index contributed by atoms with van der Waals surface area (Å²) < 4.78 is 12.0. The molecule has 2 N–H and O–H groups in total. The minimum atomic E-state index is -0.532. The summed E-state index contributed by atoms with van der Waals surface area (Å²) in [5.74, 6) is 0.503. The van der Waals surface area contributed by atoms with Crippen LogP contribution < -0.4 is 10.5 Å². The van der Waals surface area contributed by atoms with Crippen LogP contribution in [0.15, 0.2) is 24.5 Å². The molecule has 0 aliphatic carbocycles. The Labute approximate surface area is 116 Å². The van der Waals surface area contributed by atoms with E-state index in [2.05, 4.69) is 10.1 Å². The Hall–Kier alpha value is -2.57. The molecule has 7 heteroatoms. The third-order valence-corrected chi connectivity index (χ3v) is 2.80. The van der Waals surface area contributed by atoms with Gasteiger partial charge in [0.1, 0.15) is 24.2 Å². The summed E-state index contributed by atoms with van der Waals surface area (Å²) in [5.41, 5.74) is 6.32. The number of aromatic nitrogens is 3. The van der Waals surface area contributed by atoms with E-state index < -0.39 is 5.97 Å². The Kier molecular flexibility index (Phi) is 4.19. The molecule has 2 aromatic rings. The maximum Gasteiger partial charge on any atom is 0.343 e. The van der Waals surface area contributed by atoms with Crippen LogP contribution in [0, 0.1) is 0 Å². The number of methoxy groups -OCH3 is 1. The van der Waals surface area contributed by atoms with Crippen molar-refractivity contribution < 1.29 is 14.3 Å². The second-order valence-electron chi connectivity index (χ2n) is 3.99. The molecule has 0 aliphatic rings. The molecule has 0 fully saturated rings. The van der Waals surface area contributed by atoms with E-state index in [-0.39, 0.29) is 12.2 Å². The van der Waals surface area contributed by atoms with E-state index >= 15 is 0 Å². The molecule has 0 radical (unpaired) electrons. The van der Waals surface area contributed by atoms with Gasteiger partial charge in [0.2, 0.25) is 0 Å². The first-order valence-corrected chi connectivity index (χ1v) is 6.13. The second kappa shape index (κ2) is 6.05. The Bertz CT molecular complexity index is 609. The van der Waals surface area contributed by atoms with Crippen LogP contribution in [-0.4, -0.2) is 27.8 Å². The number of carbonyl (C=O) groups excluding carboxylic acids is 1. The molecular formula is C13H16N4O3. The molecule has 0 bridgehead atoms. The number of ether oxygens (including phenoxy) is 2. The number of aryl methyl sites for hydroxylation is 1. The SMILES string of the molecule is CCn1ncnc1COc1cccc(N)c1C(=O)OC. The Balaban J connectivity index is 2.21. The van der Waals surface area contributed by atoms with E-state index in [0.29, 0.717) is 23.8 Å². The fourth-order valence-corrected chi connectivity index (χ4v) is 1.80. The minimum Gasteiger partial charge on any atom is -0.485 e. The molecule has 1 aromatic heterocycles. The first kappa shape index (κ1) is 13.9. The number of carbonyl (C=O) groups is 1. The number of esters is 1. The summed E-state index contributed by atoms with van der Waals surface area (Å²) in [4.78, 5) is 15.8. The molecule has 7 nitrogen and oxygen atoms in total. The maximum absolute atomic E-state index is 11.7. The van der Waals surface area contributed by atoms with E-state index in [4.69, 9.17) is 15.2 Å². The highest BCUT2D eigenvalue weighted by molar-refractivity contribution is 5.98. The van der Waals surface area contributed by atoms with E-state index in [1.54, 1.807) is 22.9 Å². The number of nitrogens with two attached hydrogens (primary N) is 1. The largest absolute Gasteiger partial charge is 0.485 e. The van der Waals surface area contributed by atoms with Gasteiger partial charge in [-0.2, -0.15) is 5.10 Å². The van der Waals surface area contributed by atoms with E-state index in [0.717, 1.165) is 0 Å². The average molecular weight is 276 g/mol. The summed E-state index contributed by atoms with van der Waals surface area (Å²) >= 11 is 0. The fourth-order valence-electron chi connectivity index (χ4n) is 1.80. The van der Waals surface area contributed by atoms with Gasteiger partial charge in [-0.15, -0.1) is 0 Å². The standard InChI is InChI=1S/C13H16N4O3/c1-3-17-11(15-8-16-17)7-20-10-6-4-5-9(14)12(10)13(18)19-2/h4-6,8H,3,7,14H2,1-2H3. The van der Waals surface area contributed by atoms with Gasteiger partial charge in [-0.1, -0.05) is 6.07 Å². The lowest BCUT2D eigenvalue weighted by molar-refractivity contribution is 0.0596. The third kappa shape index (κ3) is 2.71. The van der Waals surface area contributed by atoms with Crippen molar-refractivity contribution in [3.8, 4) is 5.75 Å². The zero-order valence-electron chi connectivity index (χ0n) is 11.4.